The molecule has 0 aliphatic heterocycles. The summed E-state index contributed by atoms with van der Waals surface area (Å²) < 4.78 is 18.9. The van der Waals surface area contributed by atoms with Crippen LogP contribution in [0.5, 0.6) is 17.2 Å². The molecular formula is C25H21BrN2O4. The van der Waals surface area contributed by atoms with Crippen molar-refractivity contribution in [2.75, 3.05) is 21.3 Å². The van der Waals surface area contributed by atoms with E-state index >= 15 is 0 Å². The Kier molecular flexibility index (Phi) is 6.28. The van der Waals surface area contributed by atoms with E-state index in [2.05, 4.69) is 15.9 Å². The first-order valence-electron chi connectivity index (χ1n) is 9.82. The Bertz CT molecular complexity index is 1340. The molecule has 0 fully saturated rings. The van der Waals surface area contributed by atoms with E-state index in [-0.39, 0.29) is 5.43 Å². The lowest BCUT2D eigenvalue weighted by molar-refractivity contribution is 0.324. The van der Waals surface area contributed by atoms with Crippen LogP contribution >= 0.6 is 15.9 Å². The van der Waals surface area contributed by atoms with Crippen LogP contribution < -0.4 is 19.6 Å². The molecule has 7 heteroatoms. The molecule has 4 rings (SSSR count). The van der Waals surface area contributed by atoms with Crippen LogP contribution in [0.2, 0.25) is 0 Å². The molecule has 0 aliphatic rings. The minimum atomic E-state index is -0.104. The zero-order valence-electron chi connectivity index (χ0n) is 17.8. The molecule has 0 aliphatic carbocycles. The largest absolute Gasteiger partial charge is 0.493 e. The second-order valence-corrected chi connectivity index (χ2v) is 7.83. The van der Waals surface area contributed by atoms with Gasteiger partial charge in [0.15, 0.2) is 11.5 Å². The fourth-order valence-electron chi connectivity index (χ4n) is 3.49. The molecule has 0 N–H and O–H groups in total. The summed E-state index contributed by atoms with van der Waals surface area (Å²) in [6, 6.07) is 18.4. The maximum absolute atomic E-state index is 12.8. The van der Waals surface area contributed by atoms with Gasteiger partial charge in [0.1, 0.15) is 5.52 Å². The first-order valence-corrected chi connectivity index (χ1v) is 10.6. The van der Waals surface area contributed by atoms with Crippen molar-refractivity contribution in [2.24, 2.45) is 0 Å². The van der Waals surface area contributed by atoms with E-state index in [0.717, 1.165) is 21.1 Å². The second-order valence-electron chi connectivity index (χ2n) is 6.91. The van der Waals surface area contributed by atoms with Crippen LogP contribution in [0.15, 0.2) is 69.9 Å². The van der Waals surface area contributed by atoms with Crippen LogP contribution in [0.1, 0.15) is 11.3 Å². The van der Waals surface area contributed by atoms with Gasteiger partial charge in [-0.25, -0.2) is 4.68 Å². The third-order valence-corrected chi connectivity index (χ3v) is 5.53. The van der Waals surface area contributed by atoms with Crippen LogP contribution in [0.3, 0.4) is 0 Å². The van der Waals surface area contributed by atoms with E-state index in [4.69, 9.17) is 19.3 Å². The number of aromatic nitrogens is 2. The first-order chi connectivity index (χ1) is 15.5. The summed E-state index contributed by atoms with van der Waals surface area (Å²) in [6.45, 7) is 0. The quantitative estimate of drug-likeness (QED) is 0.363. The zero-order chi connectivity index (χ0) is 22.7. The molecule has 0 spiro atoms. The summed E-state index contributed by atoms with van der Waals surface area (Å²) in [5.41, 5.74) is 2.72. The maximum Gasteiger partial charge on any atom is 0.204 e. The van der Waals surface area contributed by atoms with Gasteiger partial charge in [0.2, 0.25) is 11.2 Å². The number of ether oxygens (including phenoxy) is 3. The van der Waals surface area contributed by atoms with Gasteiger partial charge in [-0.15, -0.1) is 0 Å². The van der Waals surface area contributed by atoms with Crippen LogP contribution in [0.4, 0.5) is 0 Å². The van der Waals surface area contributed by atoms with Gasteiger partial charge in [-0.05, 0) is 54.1 Å². The highest BCUT2D eigenvalue weighted by atomic mass is 79.9. The number of nitrogens with zero attached hydrogens (tertiary/aromatic N) is 2. The molecular weight excluding hydrogens is 472 g/mol. The minimum Gasteiger partial charge on any atom is -0.493 e. The van der Waals surface area contributed by atoms with Gasteiger partial charge < -0.3 is 14.2 Å². The Labute approximate surface area is 193 Å². The summed E-state index contributed by atoms with van der Waals surface area (Å²) in [5, 5.41) is 5.50. The van der Waals surface area contributed by atoms with Crippen molar-refractivity contribution in [1.29, 1.82) is 0 Å². The average Bonchev–Trinajstić information content (AvgIpc) is 3.07. The third-order valence-electron chi connectivity index (χ3n) is 5.00. The van der Waals surface area contributed by atoms with Crippen LogP contribution in [-0.4, -0.2) is 31.1 Å². The van der Waals surface area contributed by atoms with Crippen molar-refractivity contribution in [3.63, 3.8) is 0 Å². The molecule has 0 saturated heterocycles. The number of benzene rings is 2. The Hall–Kier alpha value is -3.58. The normalized spacial score (nSPS) is 11.1. The Morgan fingerprint density at radius 3 is 2.16 bits per heavy atom. The molecule has 3 aromatic carbocycles. The fourth-order valence-corrected chi connectivity index (χ4v) is 3.75. The second kappa shape index (κ2) is 9.28. The Morgan fingerprint density at radius 1 is 0.875 bits per heavy atom. The Morgan fingerprint density at radius 2 is 1.53 bits per heavy atom. The standard InChI is InChI=1S/C25H21BrN2O4/c1-30-22-14-16(15-23(31-2)25(22)32-3)8-13-20-19-6-4-5-7-21(29)24(19)28(27-20)18-11-9-17(26)10-12-18/h4-15H,1-3H3/b13-8+. The fraction of sp³-hybridized carbons (Fsp3) is 0.120. The maximum atomic E-state index is 12.8. The van der Waals surface area contributed by atoms with Gasteiger partial charge >= 0.3 is 0 Å². The molecule has 6 nitrogen and oxygen atoms in total. The van der Waals surface area contributed by atoms with E-state index in [1.807, 2.05) is 60.7 Å². The summed E-state index contributed by atoms with van der Waals surface area (Å²) in [6.07, 6.45) is 3.77. The highest BCUT2D eigenvalue weighted by Crippen LogP contribution is 2.38. The number of hydrogen-bond donors (Lipinski definition) is 0. The van der Waals surface area contributed by atoms with Gasteiger partial charge in [-0.2, -0.15) is 5.10 Å². The minimum absolute atomic E-state index is 0.104. The van der Waals surface area contributed by atoms with Crippen molar-refractivity contribution in [2.45, 2.75) is 0 Å². The molecule has 32 heavy (non-hydrogen) atoms. The first kappa shape index (κ1) is 21.6. The molecule has 1 aromatic heterocycles. The number of fused-ring (bicyclic) bond motifs is 1. The lowest BCUT2D eigenvalue weighted by atomic mass is 10.1. The summed E-state index contributed by atoms with van der Waals surface area (Å²) in [4.78, 5) is 12.8. The molecule has 0 bridgehead atoms. The van der Waals surface area contributed by atoms with Gasteiger partial charge in [-0.1, -0.05) is 40.2 Å². The van der Waals surface area contributed by atoms with Gasteiger partial charge in [0, 0.05) is 9.86 Å². The molecule has 0 atom stereocenters. The smallest absolute Gasteiger partial charge is 0.204 e. The number of hydrogen-bond acceptors (Lipinski definition) is 5. The molecule has 0 unspecified atom stereocenters. The number of rotatable bonds is 6. The van der Waals surface area contributed by atoms with Crippen molar-refractivity contribution in [1.82, 2.24) is 9.78 Å². The SMILES string of the molecule is COc1cc(/C=C/c2nn(-c3ccc(Br)cc3)c3c(=O)ccccc23)cc(OC)c1OC. The predicted molar refractivity (Wildman–Crippen MR) is 130 cm³/mol. The lowest BCUT2D eigenvalue weighted by Crippen LogP contribution is -2.04. The molecule has 0 amide bonds. The molecule has 0 saturated carbocycles. The molecule has 4 aromatic rings. The third kappa shape index (κ3) is 4.11. The molecule has 0 radical (unpaired) electrons. The van der Waals surface area contributed by atoms with Crippen LogP contribution in [0, 0.1) is 0 Å². The van der Waals surface area contributed by atoms with Gasteiger partial charge in [0.25, 0.3) is 0 Å². The highest BCUT2D eigenvalue weighted by Gasteiger charge is 2.14. The van der Waals surface area contributed by atoms with E-state index in [9.17, 15) is 4.79 Å². The van der Waals surface area contributed by atoms with Crippen molar-refractivity contribution < 1.29 is 14.2 Å². The average molecular weight is 493 g/mol. The summed E-state index contributed by atoms with van der Waals surface area (Å²) in [7, 11) is 4.72. The lowest BCUT2D eigenvalue weighted by Gasteiger charge is -2.12. The van der Waals surface area contributed by atoms with E-state index in [1.165, 1.54) is 0 Å². The highest BCUT2D eigenvalue weighted by molar-refractivity contribution is 9.10. The molecule has 162 valence electrons. The monoisotopic (exact) mass is 492 g/mol. The van der Waals surface area contributed by atoms with Crippen molar-refractivity contribution in [3.05, 3.63) is 86.6 Å². The predicted octanol–water partition coefficient (Wildman–Crippen LogP) is 5.34. The molecule has 1 heterocycles. The summed E-state index contributed by atoms with van der Waals surface area (Å²) in [5.74, 6) is 1.65. The van der Waals surface area contributed by atoms with E-state index < -0.39 is 0 Å². The Balaban J connectivity index is 1.87. The number of methoxy groups -OCH3 is 3. The number of halogens is 1. The summed E-state index contributed by atoms with van der Waals surface area (Å²) >= 11 is 3.45. The van der Waals surface area contributed by atoms with Crippen molar-refractivity contribution in [3.8, 4) is 22.9 Å². The van der Waals surface area contributed by atoms with Crippen LogP contribution in [-0.2, 0) is 0 Å². The van der Waals surface area contributed by atoms with Gasteiger partial charge in [-0.3, -0.25) is 4.79 Å². The topological polar surface area (TPSA) is 62.6 Å². The van der Waals surface area contributed by atoms with E-state index in [0.29, 0.717) is 28.5 Å². The van der Waals surface area contributed by atoms with Crippen molar-refractivity contribution >= 4 is 39.0 Å². The zero-order valence-corrected chi connectivity index (χ0v) is 19.4. The van der Waals surface area contributed by atoms with Gasteiger partial charge in [0.05, 0.1) is 32.7 Å². The van der Waals surface area contributed by atoms with Crippen LogP contribution in [0.25, 0.3) is 28.7 Å². The van der Waals surface area contributed by atoms with E-state index in [1.54, 1.807) is 38.1 Å².